The van der Waals surface area contributed by atoms with Crippen LogP contribution in [0.5, 0.6) is 0 Å². The minimum Gasteiger partial charge on any atom is -0.444 e. The van der Waals surface area contributed by atoms with Gasteiger partial charge in [0.25, 0.3) is 0 Å². The molecule has 3 atom stereocenters. The van der Waals surface area contributed by atoms with Crippen LogP contribution in [0.25, 0.3) is 0 Å². The maximum absolute atomic E-state index is 12.5. The highest BCUT2D eigenvalue weighted by atomic mass is 16.6. The van der Waals surface area contributed by atoms with Crippen molar-refractivity contribution >= 4 is 23.4 Å². The van der Waals surface area contributed by atoms with E-state index in [4.69, 9.17) is 4.74 Å². The van der Waals surface area contributed by atoms with E-state index >= 15 is 0 Å². The van der Waals surface area contributed by atoms with Crippen LogP contribution in [0.4, 0.5) is 16.2 Å². The van der Waals surface area contributed by atoms with Gasteiger partial charge in [-0.05, 0) is 69.2 Å². The number of hydrogen-bond acceptors (Lipinski definition) is 4. The third-order valence-electron chi connectivity index (χ3n) is 6.74. The molecule has 31 heavy (non-hydrogen) atoms. The van der Waals surface area contributed by atoms with Crippen molar-refractivity contribution < 1.29 is 14.3 Å². The molecule has 1 saturated heterocycles. The van der Waals surface area contributed by atoms with Crippen molar-refractivity contribution in [2.24, 2.45) is 5.92 Å². The SMILES string of the molecule is CCC1c2cc(N3CCN(C(=O)OC(C)(C)C)CC3)ccc2N(C(C)=O)C(CC)C1C. The van der Waals surface area contributed by atoms with Crippen LogP contribution >= 0.6 is 0 Å². The zero-order chi connectivity index (χ0) is 22.9. The van der Waals surface area contributed by atoms with Gasteiger partial charge in [0.2, 0.25) is 5.91 Å². The maximum atomic E-state index is 12.5. The summed E-state index contributed by atoms with van der Waals surface area (Å²) in [6.07, 6.45) is 1.79. The summed E-state index contributed by atoms with van der Waals surface area (Å²) >= 11 is 0. The van der Waals surface area contributed by atoms with Gasteiger partial charge in [0.05, 0.1) is 0 Å². The zero-order valence-corrected chi connectivity index (χ0v) is 20.3. The number of rotatable bonds is 3. The number of benzene rings is 1. The van der Waals surface area contributed by atoms with E-state index in [9.17, 15) is 9.59 Å². The van der Waals surface area contributed by atoms with Crippen molar-refractivity contribution in [3.63, 3.8) is 0 Å². The highest BCUT2D eigenvalue weighted by Crippen LogP contribution is 2.46. The summed E-state index contributed by atoms with van der Waals surface area (Å²) in [5, 5.41) is 0. The van der Waals surface area contributed by atoms with Crippen molar-refractivity contribution in [2.75, 3.05) is 36.0 Å². The molecule has 0 radical (unpaired) electrons. The Balaban J connectivity index is 1.81. The molecular weight excluding hydrogens is 390 g/mol. The molecule has 6 nitrogen and oxygen atoms in total. The van der Waals surface area contributed by atoms with Crippen molar-refractivity contribution in [1.82, 2.24) is 4.90 Å². The minimum absolute atomic E-state index is 0.119. The number of fused-ring (bicyclic) bond motifs is 1. The smallest absolute Gasteiger partial charge is 0.410 e. The van der Waals surface area contributed by atoms with Crippen LogP contribution in [-0.2, 0) is 9.53 Å². The van der Waals surface area contributed by atoms with Gasteiger partial charge in [0.15, 0.2) is 0 Å². The second kappa shape index (κ2) is 9.09. The lowest BCUT2D eigenvalue weighted by Gasteiger charge is -2.45. The Hall–Kier alpha value is -2.24. The molecular formula is C25H39N3O3. The fourth-order valence-electron chi connectivity index (χ4n) is 5.24. The number of anilines is 2. The van der Waals surface area contributed by atoms with Gasteiger partial charge in [0, 0.05) is 50.5 Å². The van der Waals surface area contributed by atoms with E-state index in [1.54, 1.807) is 11.8 Å². The lowest BCUT2D eigenvalue weighted by Crippen LogP contribution is -2.50. The lowest BCUT2D eigenvalue weighted by atomic mass is 9.75. The molecule has 2 heterocycles. The molecule has 3 unspecified atom stereocenters. The summed E-state index contributed by atoms with van der Waals surface area (Å²) in [6.45, 7) is 16.9. The third-order valence-corrected chi connectivity index (χ3v) is 6.74. The number of hydrogen-bond donors (Lipinski definition) is 0. The predicted octanol–water partition coefficient (Wildman–Crippen LogP) is 5.02. The Morgan fingerprint density at radius 3 is 2.23 bits per heavy atom. The van der Waals surface area contributed by atoms with E-state index < -0.39 is 5.60 Å². The molecule has 2 amide bonds. The Labute approximate surface area is 187 Å². The van der Waals surface area contributed by atoms with Gasteiger partial charge in [-0.15, -0.1) is 0 Å². The molecule has 6 heteroatoms. The Bertz CT molecular complexity index is 809. The van der Waals surface area contributed by atoms with Gasteiger partial charge >= 0.3 is 6.09 Å². The molecule has 0 aliphatic carbocycles. The third kappa shape index (κ3) is 4.83. The van der Waals surface area contributed by atoms with Gasteiger partial charge in [-0.25, -0.2) is 4.79 Å². The fraction of sp³-hybridized carbons (Fsp3) is 0.680. The second-order valence-electron chi connectivity index (χ2n) is 9.94. The van der Waals surface area contributed by atoms with E-state index in [0.717, 1.165) is 31.6 Å². The first kappa shape index (κ1) is 23.4. The van der Waals surface area contributed by atoms with Crippen LogP contribution in [0.1, 0.15) is 72.8 Å². The topological polar surface area (TPSA) is 53.1 Å². The number of carbonyl (C=O) groups excluding carboxylic acids is 2. The van der Waals surface area contributed by atoms with Gasteiger partial charge in [-0.3, -0.25) is 4.79 Å². The molecule has 0 N–H and O–H groups in total. The summed E-state index contributed by atoms with van der Waals surface area (Å²) < 4.78 is 5.52. The molecule has 2 aliphatic heterocycles. The van der Waals surface area contributed by atoms with Crippen LogP contribution in [0.3, 0.4) is 0 Å². The van der Waals surface area contributed by atoms with Crippen molar-refractivity contribution in [1.29, 1.82) is 0 Å². The normalized spacial score (nSPS) is 24.1. The Morgan fingerprint density at radius 1 is 1.06 bits per heavy atom. The predicted molar refractivity (Wildman–Crippen MR) is 126 cm³/mol. The molecule has 1 aromatic rings. The van der Waals surface area contributed by atoms with E-state index in [2.05, 4.69) is 43.9 Å². The van der Waals surface area contributed by atoms with Crippen LogP contribution in [0.2, 0.25) is 0 Å². The molecule has 0 bridgehead atoms. The van der Waals surface area contributed by atoms with Crippen molar-refractivity contribution in [2.45, 2.75) is 78.9 Å². The average molecular weight is 430 g/mol. The van der Waals surface area contributed by atoms with Gasteiger partial charge in [0.1, 0.15) is 5.60 Å². The Kier molecular flexibility index (Phi) is 6.87. The first-order valence-electron chi connectivity index (χ1n) is 11.7. The summed E-state index contributed by atoms with van der Waals surface area (Å²) in [5.41, 5.74) is 3.05. The lowest BCUT2D eigenvalue weighted by molar-refractivity contribution is -0.117. The molecule has 0 saturated carbocycles. The van der Waals surface area contributed by atoms with Gasteiger partial charge < -0.3 is 19.4 Å². The minimum atomic E-state index is -0.475. The number of amides is 2. The molecule has 2 aliphatic rings. The van der Waals surface area contributed by atoms with Gasteiger partial charge in [-0.1, -0.05) is 20.8 Å². The standard InChI is InChI=1S/C25H39N3O3/c1-8-20-17(3)22(9-2)28(18(4)29)23-11-10-19(16-21(20)23)26-12-14-27(15-13-26)24(30)31-25(5,6)7/h10-11,16-17,20,22H,8-9,12-15H2,1-7H3. The molecule has 1 aromatic carbocycles. The second-order valence-corrected chi connectivity index (χ2v) is 9.94. The number of nitrogens with zero attached hydrogens (tertiary/aromatic N) is 3. The average Bonchev–Trinajstić information content (AvgIpc) is 2.71. The number of piperazine rings is 1. The van der Waals surface area contributed by atoms with E-state index in [1.165, 1.54) is 11.3 Å². The largest absolute Gasteiger partial charge is 0.444 e. The highest BCUT2D eigenvalue weighted by molar-refractivity contribution is 5.94. The molecule has 0 aromatic heterocycles. The van der Waals surface area contributed by atoms with Crippen LogP contribution in [0, 0.1) is 5.92 Å². The van der Waals surface area contributed by atoms with Crippen LogP contribution in [0.15, 0.2) is 18.2 Å². The van der Waals surface area contributed by atoms with Crippen LogP contribution < -0.4 is 9.80 Å². The first-order chi connectivity index (χ1) is 14.6. The van der Waals surface area contributed by atoms with E-state index in [-0.39, 0.29) is 18.0 Å². The van der Waals surface area contributed by atoms with Crippen molar-refractivity contribution in [3.8, 4) is 0 Å². The van der Waals surface area contributed by atoms with Crippen molar-refractivity contribution in [3.05, 3.63) is 23.8 Å². The van der Waals surface area contributed by atoms with E-state index in [0.29, 0.717) is 24.9 Å². The number of ether oxygens (including phenoxy) is 1. The first-order valence-corrected chi connectivity index (χ1v) is 11.7. The molecule has 172 valence electrons. The highest BCUT2D eigenvalue weighted by Gasteiger charge is 2.39. The number of carbonyl (C=O) groups is 2. The molecule has 0 spiro atoms. The Morgan fingerprint density at radius 2 is 1.71 bits per heavy atom. The summed E-state index contributed by atoms with van der Waals surface area (Å²) in [6, 6.07) is 6.79. The molecule has 1 fully saturated rings. The molecule has 3 rings (SSSR count). The van der Waals surface area contributed by atoms with Crippen LogP contribution in [-0.4, -0.2) is 54.7 Å². The fourth-order valence-corrected chi connectivity index (χ4v) is 5.24. The van der Waals surface area contributed by atoms with E-state index in [1.807, 2.05) is 25.7 Å². The monoisotopic (exact) mass is 429 g/mol. The summed E-state index contributed by atoms with van der Waals surface area (Å²) in [7, 11) is 0. The maximum Gasteiger partial charge on any atom is 0.410 e. The zero-order valence-electron chi connectivity index (χ0n) is 20.3. The summed E-state index contributed by atoms with van der Waals surface area (Å²) in [4.78, 5) is 31.0. The van der Waals surface area contributed by atoms with Gasteiger partial charge in [-0.2, -0.15) is 0 Å². The quantitative estimate of drug-likeness (QED) is 0.677. The summed E-state index contributed by atoms with van der Waals surface area (Å²) in [5.74, 6) is 0.984.